The van der Waals surface area contributed by atoms with E-state index in [1.807, 2.05) is 24.3 Å². The first-order valence-corrected chi connectivity index (χ1v) is 11.4. The van der Waals surface area contributed by atoms with Crippen molar-refractivity contribution in [1.82, 2.24) is 9.80 Å². The van der Waals surface area contributed by atoms with Crippen molar-refractivity contribution in [3.05, 3.63) is 59.7 Å². The van der Waals surface area contributed by atoms with Gasteiger partial charge in [-0.15, -0.1) is 0 Å². The van der Waals surface area contributed by atoms with E-state index in [4.69, 9.17) is 4.74 Å². The van der Waals surface area contributed by atoms with Crippen LogP contribution in [0.1, 0.15) is 33.6 Å². The van der Waals surface area contributed by atoms with Crippen molar-refractivity contribution in [3.8, 4) is 0 Å². The fourth-order valence-corrected chi connectivity index (χ4v) is 4.10. The third-order valence-corrected chi connectivity index (χ3v) is 5.98. The number of benzene rings is 2. The van der Waals surface area contributed by atoms with Gasteiger partial charge in [-0.1, -0.05) is 12.1 Å². The van der Waals surface area contributed by atoms with Gasteiger partial charge < -0.3 is 19.9 Å². The summed E-state index contributed by atoms with van der Waals surface area (Å²) in [5.41, 5.74) is 2.52. The Kier molecular flexibility index (Phi) is 7.22. The lowest BCUT2D eigenvalue weighted by atomic mass is 10.1. The number of fused-ring (bicyclic) bond motifs is 1. The summed E-state index contributed by atoms with van der Waals surface area (Å²) in [5, 5.41) is 2.81. The van der Waals surface area contributed by atoms with Crippen LogP contribution in [0.5, 0.6) is 0 Å². The number of carbonyl (C=O) groups is 4. The molecule has 4 amide bonds. The Labute approximate surface area is 198 Å². The molecule has 4 rings (SSSR count). The third-order valence-electron chi connectivity index (χ3n) is 5.98. The van der Waals surface area contributed by atoms with Gasteiger partial charge in [0.05, 0.1) is 30.9 Å². The van der Waals surface area contributed by atoms with E-state index in [-0.39, 0.29) is 43.1 Å². The maximum Gasteiger partial charge on any atom is 0.261 e. The highest BCUT2D eigenvalue weighted by Crippen LogP contribution is 2.23. The molecule has 1 N–H and O–H groups in total. The highest BCUT2D eigenvalue weighted by Gasteiger charge is 2.34. The molecule has 2 aliphatic rings. The summed E-state index contributed by atoms with van der Waals surface area (Å²) < 4.78 is 5.36. The van der Waals surface area contributed by atoms with Crippen molar-refractivity contribution >= 4 is 35.0 Å². The smallest absolute Gasteiger partial charge is 0.261 e. The molecule has 2 heterocycles. The van der Waals surface area contributed by atoms with Gasteiger partial charge >= 0.3 is 0 Å². The average molecular weight is 465 g/mol. The molecule has 0 aliphatic carbocycles. The second-order valence-electron chi connectivity index (χ2n) is 8.36. The summed E-state index contributed by atoms with van der Waals surface area (Å²) in [6.07, 6.45) is 0.463. The van der Waals surface area contributed by atoms with Crippen molar-refractivity contribution in [3.63, 3.8) is 0 Å². The van der Waals surface area contributed by atoms with Crippen LogP contribution in [0.4, 0.5) is 11.4 Å². The molecular formula is C25H28N4O5. The number of anilines is 2. The van der Waals surface area contributed by atoms with Crippen LogP contribution in [0.25, 0.3) is 0 Å². The Balaban J connectivity index is 1.20. The first-order chi connectivity index (χ1) is 16.4. The molecule has 0 saturated carbocycles. The number of imide groups is 1. The number of ether oxygens (including phenoxy) is 1. The molecule has 0 bridgehead atoms. The Bertz CT molecular complexity index is 1040. The van der Waals surface area contributed by atoms with E-state index in [1.165, 1.54) is 9.80 Å². The number of likely N-dealkylation sites (N-methyl/N-ethyl adjacent to an activating group) is 1. The fraction of sp³-hybridized carbons (Fsp3) is 0.360. The van der Waals surface area contributed by atoms with Gasteiger partial charge in [-0.25, -0.2) is 0 Å². The summed E-state index contributed by atoms with van der Waals surface area (Å²) in [6, 6.07) is 14.3. The Morgan fingerprint density at radius 1 is 0.971 bits per heavy atom. The third kappa shape index (κ3) is 5.26. The summed E-state index contributed by atoms with van der Waals surface area (Å²) >= 11 is 0. The average Bonchev–Trinajstić information content (AvgIpc) is 3.10. The van der Waals surface area contributed by atoms with Crippen LogP contribution in [-0.4, -0.2) is 79.9 Å². The molecule has 0 unspecified atom stereocenters. The predicted molar refractivity (Wildman–Crippen MR) is 127 cm³/mol. The minimum absolute atomic E-state index is 0.0862. The number of hydrogen-bond donors (Lipinski definition) is 1. The van der Waals surface area contributed by atoms with E-state index in [9.17, 15) is 19.2 Å². The fourth-order valence-electron chi connectivity index (χ4n) is 4.10. The monoisotopic (exact) mass is 464 g/mol. The molecule has 9 heteroatoms. The maximum atomic E-state index is 12.4. The lowest BCUT2D eigenvalue weighted by Crippen LogP contribution is -2.36. The van der Waals surface area contributed by atoms with Crippen molar-refractivity contribution < 1.29 is 23.9 Å². The van der Waals surface area contributed by atoms with E-state index >= 15 is 0 Å². The number of carbonyl (C=O) groups excluding carboxylic acids is 4. The van der Waals surface area contributed by atoms with Crippen LogP contribution in [0.15, 0.2) is 48.5 Å². The Hall–Kier alpha value is -3.72. The highest BCUT2D eigenvalue weighted by molar-refractivity contribution is 6.21. The van der Waals surface area contributed by atoms with E-state index < -0.39 is 0 Å². The van der Waals surface area contributed by atoms with Crippen molar-refractivity contribution in [2.45, 2.75) is 12.8 Å². The lowest BCUT2D eigenvalue weighted by molar-refractivity contribution is -0.133. The number of nitrogens with one attached hydrogen (secondary N) is 1. The molecule has 2 aromatic carbocycles. The zero-order chi connectivity index (χ0) is 24.1. The molecule has 2 aliphatic heterocycles. The molecule has 1 fully saturated rings. The van der Waals surface area contributed by atoms with Crippen molar-refractivity contribution in [2.24, 2.45) is 0 Å². The van der Waals surface area contributed by atoms with Crippen molar-refractivity contribution in [2.75, 3.05) is 56.7 Å². The molecule has 0 aromatic heterocycles. The van der Waals surface area contributed by atoms with Crippen LogP contribution in [0, 0.1) is 0 Å². The SMILES string of the molecule is CN(CC(=O)Nc1ccc(N2CCOCC2)cc1)C(=O)CCCN1C(=O)c2ccccc2C1=O. The van der Waals surface area contributed by atoms with Gasteiger partial charge in [0, 0.05) is 44.5 Å². The molecule has 34 heavy (non-hydrogen) atoms. The first-order valence-electron chi connectivity index (χ1n) is 11.4. The second-order valence-corrected chi connectivity index (χ2v) is 8.36. The van der Waals surface area contributed by atoms with Gasteiger partial charge in [0.25, 0.3) is 11.8 Å². The Morgan fingerprint density at radius 3 is 2.21 bits per heavy atom. The van der Waals surface area contributed by atoms with Crippen LogP contribution in [0.2, 0.25) is 0 Å². The minimum atomic E-state index is -0.333. The molecule has 1 saturated heterocycles. The molecule has 0 atom stereocenters. The van der Waals surface area contributed by atoms with E-state index in [0.29, 0.717) is 36.4 Å². The van der Waals surface area contributed by atoms with Gasteiger partial charge in [0.2, 0.25) is 11.8 Å². The first kappa shape index (κ1) is 23.4. The van der Waals surface area contributed by atoms with Gasteiger partial charge in [-0.2, -0.15) is 0 Å². The van der Waals surface area contributed by atoms with Crippen molar-refractivity contribution in [1.29, 1.82) is 0 Å². The van der Waals surface area contributed by atoms with E-state index in [1.54, 1.807) is 31.3 Å². The molecule has 9 nitrogen and oxygen atoms in total. The van der Waals surface area contributed by atoms with Crippen LogP contribution >= 0.6 is 0 Å². The number of morpholine rings is 1. The molecule has 0 spiro atoms. The number of hydrogen-bond acceptors (Lipinski definition) is 6. The van der Waals surface area contributed by atoms with E-state index in [0.717, 1.165) is 18.8 Å². The number of amides is 4. The summed E-state index contributed by atoms with van der Waals surface area (Å²) in [6.45, 7) is 3.16. The molecular weight excluding hydrogens is 436 g/mol. The molecule has 0 radical (unpaired) electrons. The highest BCUT2D eigenvalue weighted by atomic mass is 16.5. The normalized spacial score (nSPS) is 15.3. The largest absolute Gasteiger partial charge is 0.378 e. The zero-order valence-corrected chi connectivity index (χ0v) is 19.2. The Morgan fingerprint density at radius 2 is 1.59 bits per heavy atom. The molecule has 178 valence electrons. The second kappa shape index (κ2) is 10.5. The quantitative estimate of drug-likeness (QED) is 0.600. The number of nitrogens with zero attached hydrogens (tertiary/aromatic N) is 3. The summed E-state index contributed by atoms with van der Waals surface area (Å²) in [4.78, 5) is 54.4. The summed E-state index contributed by atoms with van der Waals surface area (Å²) in [5.74, 6) is -1.19. The van der Waals surface area contributed by atoms with Gasteiger partial charge in [-0.05, 0) is 42.8 Å². The standard InChI is InChI=1S/C25H28N4O5/c1-27(17-22(30)26-18-8-10-19(11-9-18)28-13-15-34-16-14-28)23(31)7-4-12-29-24(32)20-5-2-3-6-21(20)25(29)33/h2-3,5-6,8-11H,4,7,12-17H2,1H3,(H,26,30). The van der Waals surface area contributed by atoms with Gasteiger partial charge in [-0.3, -0.25) is 24.1 Å². The minimum Gasteiger partial charge on any atom is -0.378 e. The van der Waals surface area contributed by atoms with Gasteiger partial charge in [0.1, 0.15) is 0 Å². The molecule has 2 aromatic rings. The zero-order valence-electron chi connectivity index (χ0n) is 19.2. The summed E-state index contributed by atoms with van der Waals surface area (Å²) in [7, 11) is 1.56. The van der Waals surface area contributed by atoms with Crippen LogP contribution in [0.3, 0.4) is 0 Å². The predicted octanol–water partition coefficient (Wildman–Crippen LogP) is 2.00. The van der Waals surface area contributed by atoms with Gasteiger partial charge in [0.15, 0.2) is 0 Å². The van der Waals surface area contributed by atoms with Crippen LogP contribution < -0.4 is 10.2 Å². The maximum absolute atomic E-state index is 12.4. The van der Waals surface area contributed by atoms with Crippen LogP contribution in [-0.2, 0) is 14.3 Å². The van der Waals surface area contributed by atoms with E-state index in [2.05, 4.69) is 10.2 Å². The number of rotatable bonds is 8. The lowest BCUT2D eigenvalue weighted by Gasteiger charge is -2.28. The topological polar surface area (TPSA) is 99.3 Å².